The van der Waals surface area contributed by atoms with E-state index < -0.39 is 0 Å². The minimum absolute atomic E-state index is 0.0326. The number of anilines is 1. The van der Waals surface area contributed by atoms with Crippen molar-refractivity contribution in [2.24, 2.45) is 0 Å². The van der Waals surface area contributed by atoms with Crippen LogP contribution in [0.4, 0.5) is 5.69 Å². The first-order chi connectivity index (χ1) is 10.2. The maximum absolute atomic E-state index is 12.0. The van der Waals surface area contributed by atoms with Gasteiger partial charge in [-0.3, -0.25) is 4.79 Å². The number of benzene rings is 2. The molecule has 1 atom stereocenters. The van der Waals surface area contributed by atoms with Crippen LogP contribution in [0, 0.1) is 0 Å². The summed E-state index contributed by atoms with van der Waals surface area (Å²) in [5, 5.41) is 3.02. The van der Waals surface area contributed by atoms with E-state index >= 15 is 0 Å². The van der Waals surface area contributed by atoms with Crippen molar-refractivity contribution < 1.29 is 9.53 Å². The molecular formula is C17H18N2O2. The summed E-state index contributed by atoms with van der Waals surface area (Å²) in [7, 11) is 0. The Morgan fingerprint density at radius 3 is 2.86 bits per heavy atom. The van der Waals surface area contributed by atoms with Crippen molar-refractivity contribution >= 4 is 11.6 Å². The molecule has 0 saturated heterocycles. The highest BCUT2D eigenvalue weighted by Gasteiger charge is 2.23. The second kappa shape index (κ2) is 5.87. The van der Waals surface area contributed by atoms with Gasteiger partial charge in [0.2, 0.25) is 0 Å². The number of nitrogens with one attached hydrogen (secondary N) is 1. The molecule has 0 radical (unpaired) electrons. The number of hydrogen-bond acceptors (Lipinski definition) is 3. The number of para-hydroxylation sites is 1. The van der Waals surface area contributed by atoms with E-state index in [0.717, 1.165) is 24.1 Å². The summed E-state index contributed by atoms with van der Waals surface area (Å²) in [6, 6.07) is 15.3. The smallest absolute Gasteiger partial charge is 0.258 e. The zero-order chi connectivity index (χ0) is 14.7. The molecule has 108 valence electrons. The first-order valence-corrected chi connectivity index (χ1v) is 7.08. The largest absolute Gasteiger partial charge is 0.484 e. The number of nitrogen functional groups attached to an aromatic ring is 1. The maximum Gasteiger partial charge on any atom is 0.258 e. The SMILES string of the molecule is Nc1ccc2c(c1)CCC2NC(=O)COc1ccccc1. The minimum Gasteiger partial charge on any atom is -0.484 e. The lowest BCUT2D eigenvalue weighted by molar-refractivity contribution is -0.123. The van der Waals surface area contributed by atoms with Gasteiger partial charge in [-0.05, 0) is 48.2 Å². The monoisotopic (exact) mass is 282 g/mol. The molecule has 3 rings (SSSR count). The molecule has 2 aromatic rings. The molecule has 1 unspecified atom stereocenters. The highest BCUT2D eigenvalue weighted by Crippen LogP contribution is 2.32. The van der Waals surface area contributed by atoms with Crippen LogP contribution in [0.3, 0.4) is 0 Å². The third-order valence-electron chi connectivity index (χ3n) is 3.69. The Kier molecular flexibility index (Phi) is 3.77. The molecule has 1 aliphatic carbocycles. The fourth-order valence-corrected chi connectivity index (χ4v) is 2.69. The quantitative estimate of drug-likeness (QED) is 0.847. The van der Waals surface area contributed by atoms with Gasteiger partial charge < -0.3 is 15.8 Å². The fourth-order valence-electron chi connectivity index (χ4n) is 2.69. The molecule has 3 N–H and O–H groups in total. The van der Waals surface area contributed by atoms with Crippen molar-refractivity contribution in [3.8, 4) is 5.75 Å². The molecule has 0 heterocycles. The van der Waals surface area contributed by atoms with Crippen LogP contribution in [-0.4, -0.2) is 12.5 Å². The zero-order valence-corrected chi connectivity index (χ0v) is 11.7. The Morgan fingerprint density at radius 2 is 2.05 bits per heavy atom. The number of fused-ring (bicyclic) bond motifs is 1. The van der Waals surface area contributed by atoms with Gasteiger partial charge in [-0.25, -0.2) is 0 Å². The summed E-state index contributed by atoms with van der Waals surface area (Å²) in [6.07, 6.45) is 1.86. The second-order valence-electron chi connectivity index (χ2n) is 5.22. The molecule has 4 heteroatoms. The molecule has 0 fully saturated rings. The van der Waals surface area contributed by atoms with Crippen LogP contribution < -0.4 is 15.8 Å². The van der Waals surface area contributed by atoms with Gasteiger partial charge in [0.25, 0.3) is 5.91 Å². The Bertz CT molecular complexity index is 640. The molecular weight excluding hydrogens is 264 g/mol. The van der Waals surface area contributed by atoms with Gasteiger partial charge in [-0.1, -0.05) is 24.3 Å². The Labute approximate surface area is 123 Å². The molecule has 2 aromatic carbocycles. The Hall–Kier alpha value is -2.49. The molecule has 0 bridgehead atoms. The lowest BCUT2D eigenvalue weighted by Crippen LogP contribution is -2.31. The van der Waals surface area contributed by atoms with E-state index in [9.17, 15) is 4.79 Å². The lowest BCUT2D eigenvalue weighted by Gasteiger charge is -2.14. The van der Waals surface area contributed by atoms with Crippen LogP contribution in [0.1, 0.15) is 23.6 Å². The van der Waals surface area contributed by atoms with Crippen molar-refractivity contribution in [1.82, 2.24) is 5.32 Å². The van der Waals surface area contributed by atoms with Crippen molar-refractivity contribution in [3.05, 3.63) is 59.7 Å². The van der Waals surface area contributed by atoms with Gasteiger partial charge >= 0.3 is 0 Å². The molecule has 4 nitrogen and oxygen atoms in total. The molecule has 1 aliphatic rings. The van der Waals surface area contributed by atoms with Gasteiger partial charge in [-0.15, -0.1) is 0 Å². The summed E-state index contributed by atoms with van der Waals surface area (Å²) < 4.78 is 5.45. The van der Waals surface area contributed by atoms with Crippen LogP contribution in [0.15, 0.2) is 48.5 Å². The van der Waals surface area contributed by atoms with Crippen molar-refractivity contribution in [2.75, 3.05) is 12.3 Å². The van der Waals surface area contributed by atoms with Gasteiger partial charge in [-0.2, -0.15) is 0 Å². The van der Waals surface area contributed by atoms with Gasteiger partial charge in [0.15, 0.2) is 6.61 Å². The number of carbonyl (C=O) groups is 1. The predicted molar refractivity (Wildman–Crippen MR) is 82.0 cm³/mol. The first-order valence-electron chi connectivity index (χ1n) is 7.08. The topological polar surface area (TPSA) is 64.3 Å². The molecule has 0 saturated carbocycles. The van der Waals surface area contributed by atoms with E-state index in [-0.39, 0.29) is 18.6 Å². The van der Waals surface area contributed by atoms with Crippen molar-refractivity contribution in [2.45, 2.75) is 18.9 Å². The summed E-state index contributed by atoms with van der Waals surface area (Å²) >= 11 is 0. The van der Waals surface area contributed by atoms with Crippen molar-refractivity contribution in [1.29, 1.82) is 0 Å². The van der Waals surface area contributed by atoms with Gasteiger partial charge in [0.1, 0.15) is 5.75 Å². The normalized spacial score (nSPS) is 16.3. The standard InChI is InChI=1S/C17H18N2O2/c18-13-7-8-15-12(10-13)6-9-16(15)19-17(20)11-21-14-4-2-1-3-5-14/h1-5,7-8,10,16H,6,9,11,18H2,(H,19,20). The highest BCUT2D eigenvalue weighted by molar-refractivity contribution is 5.78. The van der Waals surface area contributed by atoms with Gasteiger partial charge in [0.05, 0.1) is 6.04 Å². The third-order valence-corrected chi connectivity index (χ3v) is 3.69. The highest BCUT2D eigenvalue weighted by atomic mass is 16.5. The van der Waals surface area contributed by atoms with Crippen LogP contribution in [0.2, 0.25) is 0 Å². The molecule has 1 amide bonds. The summed E-state index contributed by atoms with van der Waals surface area (Å²) in [6.45, 7) is 0.0326. The van der Waals surface area contributed by atoms with E-state index in [1.165, 1.54) is 5.56 Å². The molecule has 0 spiro atoms. The number of ether oxygens (including phenoxy) is 1. The predicted octanol–water partition coefficient (Wildman–Crippen LogP) is 2.45. The second-order valence-corrected chi connectivity index (χ2v) is 5.22. The zero-order valence-electron chi connectivity index (χ0n) is 11.7. The first kappa shape index (κ1) is 13.5. The maximum atomic E-state index is 12.0. The Morgan fingerprint density at radius 1 is 1.24 bits per heavy atom. The number of nitrogens with two attached hydrogens (primary N) is 1. The van der Waals surface area contributed by atoms with E-state index in [0.29, 0.717) is 5.75 Å². The fraction of sp³-hybridized carbons (Fsp3) is 0.235. The lowest BCUT2D eigenvalue weighted by atomic mass is 10.1. The molecule has 0 aliphatic heterocycles. The van der Waals surface area contributed by atoms with Crippen LogP contribution >= 0.6 is 0 Å². The summed E-state index contributed by atoms with van der Waals surface area (Å²) in [5.74, 6) is 0.598. The van der Waals surface area contributed by atoms with E-state index in [4.69, 9.17) is 10.5 Å². The molecule has 21 heavy (non-hydrogen) atoms. The summed E-state index contributed by atoms with van der Waals surface area (Å²) in [4.78, 5) is 12.0. The number of rotatable bonds is 4. The Balaban J connectivity index is 1.57. The number of aryl methyl sites for hydroxylation is 1. The van der Waals surface area contributed by atoms with E-state index in [2.05, 4.69) is 5.32 Å². The van der Waals surface area contributed by atoms with Crippen molar-refractivity contribution in [3.63, 3.8) is 0 Å². The third kappa shape index (κ3) is 3.16. The van der Waals surface area contributed by atoms with Crippen LogP contribution in [0.5, 0.6) is 5.75 Å². The van der Waals surface area contributed by atoms with Crippen LogP contribution in [0.25, 0.3) is 0 Å². The average Bonchev–Trinajstić information content (AvgIpc) is 2.88. The number of hydrogen-bond donors (Lipinski definition) is 2. The van der Waals surface area contributed by atoms with E-state index in [1.807, 2.05) is 48.5 Å². The molecule has 0 aromatic heterocycles. The number of amides is 1. The average molecular weight is 282 g/mol. The van der Waals surface area contributed by atoms with Gasteiger partial charge in [0, 0.05) is 5.69 Å². The minimum atomic E-state index is -0.103. The summed E-state index contributed by atoms with van der Waals surface area (Å²) in [5.41, 5.74) is 8.94. The van der Waals surface area contributed by atoms with Crippen LogP contribution in [-0.2, 0) is 11.2 Å². The van der Waals surface area contributed by atoms with E-state index in [1.54, 1.807) is 0 Å². The number of carbonyl (C=O) groups excluding carboxylic acids is 1.